The molecule has 0 spiro atoms. The van der Waals surface area contributed by atoms with E-state index in [4.69, 9.17) is 0 Å². The molecule has 4 aromatic rings. The summed E-state index contributed by atoms with van der Waals surface area (Å²) >= 11 is 0. The van der Waals surface area contributed by atoms with Gasteiger partial charge in [0.1, 0.15) is 0 Å². The molecule has 4 heteroatoms. The Bertz CT molecular complexity index is 976. The summed E-state index contributed by atoms with van der Waals surface area (Å²) in [5.74, 6) is 0. The molecule has 6 rings (SSSR count). The molecule has 0 aliphatic carbocycles. The highest BCUT2D eigenvalue weighted by Gasteiger charge is 2.23. The van der Waals surface area contributed by atoms with Gasteiger partial charge in [0.15, 0.2) is 0 Å². The smallest absolute Gasteiger partial charge is 0.0649 e. The fraction of sp³-hybridized carbons (Fsp3) is 0.143. The van der Waals surface area contributed by atoms with Gasteiger partial charge in [0.2, 0.25) is 0 Å². The molecular formula is C28H28N4. The van der Waals surface area contributed by atoms with Gasteiger partial charge in [0, 0.05) is 28.2 Å². The summed E-state index contributed by atoms with van der Waals surface area (Å²) in [4.78, 5) is 8.96. The van der Waals surface area contributed by atoms with Crippen LogP contribution in [0.5, 0.6) is 0 Å². The van der Waals surface area contributed by atoms with E-state index in [1.165, 1.54) is 45.5 Å². The van der Waals surface area contributed by atoms with Crippen molar-refractivity contribution in [1.82, 2.24) is 0 Å². The van der Waals surface area contributed by atoms with Crippen LogP contribution in [0.4, 0.5) is 45.5 Å². The van der Waals surface area contributed by atoms with Gasteiger partial charge < -0.3 is 19.6 Å². The second-order valence-corrected chi connectivity index (χ2v) is 8.19. The highest BCUT2D eigenvalue weighted by atomic mass is 15.2. The van der Waals surface area contributed by atoms with Crippen LogP contribution in [0.3, 0.4) is 0 Å². The molecule has 0 saturated heterocycles. The highest BCUT2D eigenvalue weighted by molar-refractivity contribution is 5.93. The lowest BCUT2D eigenvalue weighted by Crippen LogP contribution is -2.23. The average molecular weight is 421 g/mol. The Morgan fingerprint density at radius 2 is 0.406 bits per heavy atom. The minimum atomic E-state index is 1.25. The maximum atomic E-state index is 2.24. The van der Waals surface area contributed by atoms with E-state index < -0.39 is 0 Å². The van der Waals surface area contributed by atoms with Crippen LogP contribution in [0.25, 0.3) is 0 Å². The van der Waals surface area contributed by atoms with Crippen molar-refractivity contribution in [1.29, 1.82) is 0 Å². The third-order valence-corrected chi connectivity index (χ3v) is 6.42. The van der Waals surface area contributed by atoms with Crippen molar-refractivity contribution in [3.05, 3.63) is 97.1 Å². The van der Waals surface area contributed by atoms with Crippen molar-refractivity contribution in [3.8, 4) is 0 Å². The monoisotopic (exact) mass is 420 g/mol. The van der Waals surface area contributed by atoms with Gasteiger partial charge in [-0.1, -0.05) is 48.5 Å². The third kappa shape index (κ3) is 3.16. The van der Waals surface area contributed by atoms with Crippen molar-refractivity contribution in [2.75, 3.05) is 47.8 Å². The number of hydrogen-bond donors (Lipinski definition) is 0. The zero-order valence-electron chi connectivity index (χ0n) is 19.0. The van der Waals surface area contributed by atoms with Gasteiger partial charge in [-0.15, -0.1) is 0 Å². The maximum Gasteiger partial charge on any atom is 0.0649 e. The fourth-order valence-electron chi connectivity index (χ4n) is 4.64. The van der Waals surface area contributed by atoms with Crippen molar-refractivity contribution in [3.63, 3.8) is 0 Å². The molecule has 160 valence electrons. The Balaban J connectivity index is 0.000000135. The van der Waals surface area contributed by atoms with Gasteiger partial charge in [0.25, 0.3) is 0 Å². The number of benzene rings is 4. The van der Waals surface area contributed by atoms with E-state index in [9.17, 15) is 0 Å². The fourth-order valence-corrected chi connectivity index (χ4v) is 4.64. The normalized spacial score (nSPS) is 13.4. The van der Waals surface area contributed by atoms with E-state index >= 15 is 0 Å². The molecule has 0 atom stereocenters. The number of fused-ring (bicyclic) bond motifs is 4. The first-order valence-electron chi connectivity index (χ1n) is 10.9. The lowest BCUT2D eigenvalue weighted by Gasteiger charge is -2.36. The van der Waals surface area contributed by atoms with Crippen LogP contribution in [0.2, 0.25) is 0 Å². The summed E-state index contributed by atoms with van der Waals surface area (Å²) in [7, 11) is 8.46. The summed E-state index contributed by atoms with van der Waals surface area (Å²) in [6.07, 6.45) is 0. The van der Waals surface area contributed by atoms with E-state index in [0.717, 1.165) is 0 Å². The summed E-state index contributed by atoms with van der Waals surface area (Å²) in [6, 6.07) is 33.9. The van der Waals surface area contributed by atoms with E-state index in [0.29, 0.717) is 0 Å². The molecule has 0 amide bonds. The molecule has 0 fully saturated rings. The molecule has 0 aromatic heterocycles. The van der Waals surface area contributed by atoms with E-state index in [-0.39, 0.29) is 0 Å². The molecule has 2 aliphatic rings. The van der Waals surface area contributed by atoms with Gasteiger partial charge in [-0.2, -0.15) is 0 Å². The van der Waals surface area contributed by atoms with Gasteiger partial charge >= 0.3 is 0 Å². The quantitative estimate of drug-likeness (QED) is 0.301. The predicted octanol–water partition coefficient (Wildman–Crippen LogP) is 7.07. The zero-order chi connectivity index (χ0) is 22.2. The van der Waals surface area contributed by atoms with Crippen LogP contribution < -0.4 is 19.6 Å². The first kappa shape index (κ1) is 20.0. The number of rotatable bonds is 0. The molecule has 32 heavy (non-hydrogen) atoms. The summed E-state index contributed by atoms with van der Waals surface area (Å²) in [5.41, 5.74) is 10.0. The standard InChI is InChI=1S/2C14H14N2/c2*1-15-11-7-3-5-9-13(11)16(2)14-10-6-4-8-12(14)15/h2*3-10H,1-2H3. The molecular weight excluding hydrogens is 392 g/mol. The highest BCUT2D eigenvalue weighted by Crippen LogP contribution is 2.46. The largest absolute Gasteiger partial charge is 0.341 e. The second kappa shape index (κ2) is 7.97. The summed E-state index contributed by atoms with van der Waals surface area (Å²) in [5, 5.41) is 0. The van der Waals surface area contributed by atoms with Crippen molar-refractivity contribution in [2.24, 2.45) is 0 Å². The Morgan fingerprint density at radius 1 is 0.281 bits per heavy atom. The molecule has 0 unspecified atom stereocenters. The van der Waals surface area contributed by atoms with Crippen LogP contribution in [-0.4, -0.2) is 28.2 Å². The predicted molar refractivity (Wildman–Crippen MR) is 138 cm³/mol. The SMILES string of the molecule is CN1c2ccccc2N(C)c2ccccc21.CN1c2ccccc2N(C)c2ccccc21. The first-order valence-corrected chi connectivity index (χ1v) is 10.9. The van der Waals surface area contributed by atoms with Crippen molar-refractivity contribution < 1.29 is 0 Å². The number of para-hydroxylation sites is 8. The minimum absolute atomic E-state index is 1.25. The van der Waals surface area contributed by atoms with E-state index in [1.54, 1.807) is 0 Å². The average Bonchev–Trinajstić information content (AvgIpc) is 2.86. The zero-order valence-corrected chi connectivity index (χ0v) is 19.0. The van der Waals surface area contributed by atoms with E-state index in [1.807, 2.05) is 0 Å². The van der Waals surface area contributed by atoms with E-state index in [2.05, 4.69) is 145 Å². The van der Waals surface area contributed by atoms with Crippen LogP contribution in [0.1, 0.15) is 0 Å². The van der Waals surface area contributed by atoms with Crippen LogP contribution in [0.15, 0.2) is 97.1 Å². The second-order valence-electron chi connectivity index (χ2n) is 8.19. The minimum Gasteiger partial charge on any atom is -0.341 e. The van der Waals surface area contributed by atoms with Crippen LogP contribution >= 0.6 is 0 Å². The summed E-state index contributed by atoms with van der Waals surface area (Å²) < 4.78 is 0. The van der Waals surface area contributed by atoms with Crippen LogP contribution in [-0.2, 0) is 0 Å². The Kier molecular flexibility index (Phi) is 4.98. The Labute approximate surface area is 190 Å². The maximum absolute atomic E-state index is 2.24. The molecule has 0 N–H and O–H groups in total. The molecule has 4 aromatic carbocycles. The lowest BCUT2D eigenvalue weighted by molar-refractivity contribution is 1.10. The van der Waals surface area contributed by atoms with Gasteiger partial charge in [-0.3, -0.25) is 0 Å². The lowest BCUT2D eigenvalue weighted by atomic mass is 10.1. The number of anilines is 8. The van der Waals surface area contributed by atoms with Crippen LogP contribution in [0, 0.1) is 0 Å². The number of hydrogen-bond acceptors (Lipinski definition) is 4. The summed E-state index contributed by atoms with van der Waals surface area (Å²) in [6.45, 7) is 0. The van der Waals surface area contributed by atoms with Gasteiger partial charge in [0.05, 0.1) is 45.5 Å². The first-order chi connectivity index (χ1) is 15.6. The topological polar surface area (TPSA) is 13.0 Å². The Morgan fingerprint density at radius 3 is 0.531 bits per heavy atom. The molecule has 0 radical (unpaired) electrons. The van der Waals surface area contributed by atoms with Crippen molar-refractivity contribution in [2.45, 2.75) is 0 Å². The molecule has 0 bridgehead atoms. The van der Waals surface area contributed by atoms with Crippen molar-refractivity contribution >= 4 is 45.5 Å². The van der Waals surface area contributed by atoms with Gasteiger partial charge in [-0.25, -0.2) is 0 Å². The molecule has 0 saturated carbocycles. The molecule has 2 heterocycles. The molecule has 2 aliphatic heterocycles. The molecule has 4 nitrogen and oxygen atoms in total. The number of nitrogens with zero attached hydrogens (tertiary/aromatic N) is 4. The van der Waals surface area contributed by atoms with Gasteiger partial charge in [-0.05, 0) is 48.5 Å². The Hall–Kier alpha value is -3.92. The third-order valence-electron chi connectivity index (χ3n) is 6.42.